The highest BCUT2D eigenvalue weighted by Gasteiger charge is 2.22. The largest absolute Gasteiger partial charge is 0.465 e. The molecule has 2 aromatic carbocycles. The van der Waals surface area contributed by atoms with Crippen molar-refractivity contribution in [1.29, 1.82) is 0 Å². The molecule has 35 heavy (non-hydrogen) atoms. The van der Waals surface area contributed by atoms with Gasteiger partial charge in [0.2, 0.25) is 10.0 Å². The molecule has 0 saturated heterocycles. The summed E-state index contributed by atoms with van der Waals surface area (Å²) in [6.07, 6.45) is 2.94. The van der Waals surface area contributed by atoms with Gasteiger partial charge in [0.05, 0.1) is 21.7 Å². The maximum atomic E-state index is 13.7. The zero-order valence-electron chi connectivity index (χ0n) is 19.0. The molecule has 184 valence electrons. The first-order valence-corrected chi connectivity index (χ1v) is 12.8. The second-order valence-electron chi connectivity index (χ2n) is 7.23. The molecular formula is C24H24FN3O5S2. The zero-order chi connectivity index (χ0) is 25.6. The number of nitrogens with zero attached hydrogens (tertiary/aromatic N) is 3. The van der Waals surface area contributed by atoms with Crippen LogP contribution in [0.5, 0.6) is 0 Å². The number of carbonyl (C=O) groups is 2. The number of aromatic nitrogens is 1. The predicted molar refractivity (Wildman–Crippen MR) is 132 cm³/mol. The van der Waals surface area contributed by atoms with Gasteiger partial charge in [0.1, 0.15) is 12.4 Å². The second-order valence-corrected chi connectivity index (χ2v) is 10.2. The van der Waals surface area contributed by atoms with Gasteiger partial charge in [-0.05, 0) is 49.4 Å². The van der Waals surface area contributed by atoms with E-state index in [2.05, 4.69) is 18.2 Å². The molecule has 0 aliphatic rings. The summed E-state index contributed by atoms with van der Waals surface area (Å²) in [5.74, 6) is -1.63. The standard InChI is InChI=1S/C24H24FN3O5S2/c1-4-13-27(14-5-2)35(31,32)19-10-7-17(8-11-19)23(30)26-24-28(16-22(29)33-6-3)20-12-9-18(25)15-21(20)34-24/h4-5,7-12,15H,1-2,6,13-14,16H2,3H3. The summed E-state index contributed by atoms with van der Waals surface area (Å²) in [5.41, 5.74) is 0.677. The second kappa shape index (κ2) is 11.3. The maximum Gasteiger partial charge on any atom is 0.326 e. The number of halogens is 1. The van der Waals surface area contributed by atoms with Crippen LogP contribution in [-0.2, 0) is 26.1 Å². The topological polar surface area (TPSA) is 98.0 Å². The number of hydrogen-bond acceptors (Lipinski definition) is 6. The van der Waals surface area contributed by atoms with Gasteiger partial charge in [-0.1, -0.05) is 23.5 Å². The number of thiazole rings is 1. The van der Waals surface area contributed by atoms with E-state index in [0.717, 1.165) is 11.3 Å². The van der Waals surface area contributed by atoms with Gasteiger partial charge in [-0.25, -0.2) is 12.8 Å². The summed E-state index contributed by atoms with van der Waals surface area (Å²) in [4.78, 5) is 29.3. The van der Waals surface area contributed by atoms with Crippen molar-refractivity contribution in [2.45, 2.75) is 18.4 Å². The number of sulfonamides is 1. The number of amides is 1. The minimum Gasteiger partial charge on any atom is -0.465 e. The van der Waals surface area contributed by atoms with Crippen LogP contribution in [0.3, 0.4) is 0 Å². The number of rotatable bonds is 10. The van der Waals surface area contributed by atoms with Crippen LogP contribution in [0.1, 0.15) is 17.3 Å². The molecule has 1 amide bonds. The molecule has 0 N–H and O–H groups in total. The third kappa shape index (κ3) is 5.99. The van der Waals surface area contributed by atoms with Gasteiger partial charge >= 0.3 is 5.97 Å². The minimum absolute atomic E-state index is 0.00691. The van der Waals surface area contributed by atoms with Crippen LogP contribution in [0.4, 0.5) is 4.39 Å². The lowest BCUT2D eigenvalue weighted by atomic mass is 10.2. The van der Waals surface area contributed by atoms with Crippen LogP contribution in [0, 0.1) is 5.82 Å². The van der Waals surface area contributed by atoms with Crippen molar-refractivity contribution in [1.82, 2.24) is 8.87 Å². The quantitative estimate of drug-likeness (QED) is 0.303. The Morgan fingerprint density at radius 3 is 2.40 bits per heavy atom. The Labute approximate surface area is 206 Å². The lowest BCUT2D eigenvalue weighted by Crippen LogP contribution is -2.31. The Hall–Kier alpha value is -3.41. The van der Waals surface area contributed by atoms with Gasteiger partial charge in [0.15, 0.2) is 4.80 Å². The summed E-state index contributed by atoms with van der Waals surface area (Å²) in [6.45, 7) is 9.03. The molecule has 1 heterocycles. The fourth-order valence-electron chi connectivity index (χ4n) is 3.25. The molecule has 0 atom stereocenters. The molecule has 0 aliphatic carbocycles. The molecule has 0 unspecified atom stereocenters. The highest BCUT2D eigenvalue weighted by atomic mass is 32.2. The fourth-order valence-corrected chi connectivity index (χ4v) is 5.68. The van der Waals surface area contributed by atoms with Gasteiger partial charge < -0.3 is 9.30 Å². The van der Waals surface area contributed by atoms with Crippen LogP contribution < -0.4 is 4.80 Å². The summed E-state index contributed by atoms with van der Waals surface area (Å²) < 4.78 is 47.6. The van der Waals surface area contributed by atoms with E-state index in [4.69, 9.17) is 4.74 Å². The molecule has 0 aliphatic heterocycles. The first-order valence-electron chi connectivity index (χ1n) is 10.6. The molecule has 3 rings (SSSR count). The zero-order valence-corrected chi connectivity index (χ0v) is 20.6. The molecule has 0 bridgehead atoms. The molecule has 0 saturated carbocycles. The van der Waals surface area contributed by atoms with E-state index in [-0.39, 0.29) is 41.5 Å². The molecule has 0 spiro atoms. The molecule has 8 nitrogen and oxygen atoms in total. The van der Waals surface area contributed by atoms with Crippen molar-refractivity contribution in [3.05, 3.63) is 84.0 Å². The van der Waals surface area contributed by atoms with Crippen molar-refractivity contribution in [2.75, 3.05) is 19.7 Å². The Kier molecular flexibility index (Phi) is 8.49. The molecule has 0 fully saturated rings. The summed E-state index contributed by atoms with van der Waals surface area (Å²) in [7, 11) is -3.81. The van der Waals surface area contributed by atoms with E-state index in [0.29, 0.717) is 10.2 Å². The molecule has 3 aromatic rings. The normalized spacial score (nSPS) is 12.1. The molecule has 0 radical (unpaired) electrons. The molecule has 1 aromatic heterocycles. The third-order valence-corrected chi connectivity index (χ3v) is 7.73. The van der Waals surface area contributed by atoms with Gasteiger partial charge in [0, 0.05) is 18.7 Å². The van der Waals surface area contributed by atoms with Gasteiger partial charge in [-0.15, -0.1) is 13.2 Å². The van der Waals surface area contributed by atoms with Crippen LogP contribution in [0.15, 0.2) is 77.7 Å². The lowest BCUT2D eigenvalue weighted by molar-refractivity contribution is -0.143. The van der Waals surface area contributed by atoms with Crippen LogP contribution in [0.2, 0.25) is 0 Å². The van der Waals surface area contributed by atoms with Gasteiger partial charge in [0.25, 0.3) is 5.91 Å². The van der Waals surface area contributed by atoms with Gasteiger partial charge in [-0.3, -0.25) is 9.59 Å². The van der Waals surface area contributed by atoms with E-state index in [1.165, 1.54) is 63.5 Å². The SMILES string of the molecule is C=CCN(CC=C)S(=O)(=O)c1ccc(C(=O)N=c2sc3cc(F)ccc3n2CC(=O)OCC)cc1. The van der Waals surface area contributed by atoms with Crippen molar-refractivity contribution in [2.24, 2.45) is 4.99 Å². The van der Waals surface area contributed by atoms with E-state index in [1.807, 2.05) is 0 Å². The maximum absolute atomic E-state index is 13.7. The summed E-state index contributed by atoms with van der Waals surface area (Å²) in [5, 5.41) is 0. The first-order chi connectivity index (χ1) is 16.7. The summed E-state index contributed by atoms with van der Waals surface area (Å²) >= 11 is 1.05. The molecular weight excluding hydrogens is 493 g/mol. The van der Waals surface area contributed by atoms with Crippen LogP contribution >= 0.6 is 11.3 Å². The lowest BCUT2D eigenvalue weighted by Gasteiger charge is -2.19. The van der Waals surface area contributed by atoms with Crippen LogP contribution in [0.25, 0.3) is 10.2 Å². The van der Waals surface area contributed by atoms with E-state index in [9.17, 15) is 22.4 Å². The number of hydrogen-bond donors (Lipinski definition) is 0. The average Bonchev–Trinajstić information content (AvgIpc) is 3.14. The van der Waals surface area contributed by atoms with Crippen molar-refractivity contribution >= 4 is 43.5 Å². The monoisotopic (exact) mass is 517 g/mol. The number of ether oxygens (including phenoxy) is 1. The Morgan fingerprint density at radius 2 is 1.80 bits per heavy atom. The Bertz CT molecular complexity index is 1430. The Balaban J connectivity index is 1.98. The van der Waals surface area contributed by atoms with Crippen molar-refractivity contribution in [3.8, 4) is 0 Å². The summed E-state index contributed by atoms with van der Waals surface area (Å²) in [6, 6.07) is 9.42. The number of esters is 1. The number of fused-ring (bicyclic) bond motifs is 1. The Morgan fingerprint density at radius 1 is 1.14 bits per heavy atom. The minimum atomic E-state index is -3.81. The average molecular weight is 518 g/mol. The highest BCUT2D eigenvalue weighted by Crippen LogP contribution is 2.20. The number of benzene rings is 2. The predicted octanol–water partition coefficient (Wildman–Crippen LogP) is 3.51. The highest BCUT2D eigenvalue weighted by molar-refractivity contribution is 7.89. The fraction of sp³-hybridized carbons (Fsp3) is 0.208. The number of carbonyl (C=O) groups excluding carboxylic acids is 2. The van der Waals surface area contributed by atoms with E-state index in [1.54, 1.807) is 6.92 Å². The van der Waals surface area contributed by atoms with E-state index < -0.39 is 27.7 Å². The third-order valence-electron chi connectivity index (χ3n) is 4.84. The smallest absolute Gasteiger partial charge is 0.326 e. The molecule has 11 heteroatoms. The first kappa shape index (κ1) is 26.2. The van der Waals surface area contributed by atoms with Crippen molar-refractivity contribution < 1.29 is 27.1 Å². The van der Waals surface area contributed by atoms with Crippen LogP contribution in [-0.4, -0.2) is 48.9 Å². The van der Waals surface area contributed by atoms with Gasteiger partial charge in [-0.2, -0.15) is 9.30 Å². The van der Waals surface area contributed by atoms with Crippen molar-refractivity contribution in [3.63, 3.8) is 0 Å². The van der Waals surface area contributed by atoms with E-state index >= 15 is 0 Å².